The van der Waals surface area contributed by atoms with Gasteiger partial charge in [-0.1, -0.05) is 37.5 Å². The number of nitrogens with zero attached hydrogens (tertiary/aromatic N) is 2. The van der Waals surface area contributed by atoms with Crippen LogP contribution in [0.1, 0.15) is 30.4 Å². The predicted molar refractivity (Wildman–Crippen MR) is 114 cm³/mol. The van der Waals surface area contributed by atoms with Gasteiger partial charge in [0.05, 0.1) is 28.8 Å². The largest absolute Gasteiger partial charge is 0.448 e. The Kier molecular flexibility index (Phi) is 6.69. The molecule has 1 aliphatic rings. The van der Waals surface area contributed by atoms with Gasteiger partial charge < -0.3 is 19.6 Å². The molecule has 1 aromatic carbocycles. The first kappa shape index (κ1) is 20.6. The fraction of sp³-hybridized carbons (Fsp3) is 0.190. The summed E-state index contributed by atoms with van der Waals surface area (Å²) in [7, 11) is 0. The van der Waals surface area contributed by atoms with Crippen molar-refractivity contribution < 1.29 is 14.3 Å². The first-order valence-corrected chi connectivity index (χ1v) is 9.81. The van der Waals surface area contributed by atoms with E-state index in [-0.39, 0.29) is 24.2 Å². The number of amidine groups is 1. The number of aliphatic imine (C=N–C) groups is 1. The number of aliphatic hydroxyl groups excluding tert-OH is 1. The van der Waals surface area contributed by atoms with Crippen LogP contribution >= 0.6 is 11.9 Å². The Hall–Kier alpha value is -3.10. The number of aliphatic hydroxyl groups is 1. The smallest absolute Gasteiger partial charge is 0.287 e. The zero-order valence-electron chi connectivity index (χ0n) is 16.0. The minimum absolute atomic E-state index is 0.200. The van der Waals surface area contributed by atoms with Crippen molar-refractivity contribution in [3.63, 3.8) is 0 Å². The van der Waals surface area contributed by atoms with Crippen LogP contribution in [0.15, 0.2) is 81.9 Å². The van der Waals surface area contributed by atoms with Gasteiger partial charge in [-0.25, -0.2) is 9.98 Å². The van der Waals surface area contributed by atoms with Gasteiger partial charge in [0.2, 0.25) is 11.7 Å². The van der Waals surface area contributed by atoms with Crippen molar-refractivity contribution in [2.24, 2.45) is 4.99 Å². The van der Waals surface area contributed by atoms with Crippen LogP contribution in [-0.2, 0) is 4.79 Å². The lowest BCUT2D eigenvalue weighted by atomic mass is 9.98. The molecular formula is C21H22N4O3S. The number of oxazole rings is 1. The molecule has 0 saturated carbocycles. The summed E-state index contributed by atoms with van der Waals surface area (Å²) in [4.78, 5) is 22.1. The summed E-state index contributed by atoms with van der Waals surface area (Å²) in [5.41, 5.74) is 2.29. The van der Waals surface area contributed by atoms with Crippen molar-refractivity contribution in [1.29, 1.82) is 0 Å². The molecular weight excluding hydrogens is 388 g/mol. The molecule has 2 atom stereocenters. The summed E-state index contributed by atoms with van der Waals surface area (Å²) in [6.45, 7) is 9.48. The second-order valence-electron chi connectivity index (χ2n) is 6.31. The summed E-state index contributed by atoms with van der Waals surface area (Å²) in [5.74, 6) is 0.0250. The Bertz CT molecular complexity index is 964. The Labute approximate surface area is 173 Å². The number of fused-ring (bicyclic) bond motifs is 1. The molecule has 2 heterocycles. The molecule has 2 unspecified atom stereocenters. The lowest BCUT2D eigenvalue weighted by molar-refractivity contribution is -0.115. The second kappa shape index (κ2) is 9.40. The maximum Gasteiger partial charge on any atom is 0.287 e. The summed E-state index contributed by atoms with van der Waals surface area (Å²) < 4.78 is 8.37. The van der Waals surface area contributed by atoms with E-state index in [1.54, 1.807) is 43.5 Å². The summed E-state index contributed by atoms with van der Waals surface area (Å²) in [5, 5.41) is 12.6. The molecule has 0 bridgehead atoms. The van der Waals surface area contributed by atoms with Gasteiger partial charge in [0, 0.05) is 6.54 Å². The molecule has 8 heteroatoms. The van der Waals surface area contributed by atoms with Gasteiger partial charge >= 0.3 is 0 Å². The molecule has 0 aliphatic carbocycles. The monoisotopic (exact) mass is 410 g/mol. The third-order valence-electron chi connectivity index (χ3n) is 4.34. The molecule has 0 fully saturated rings. The molecule has 2 aromatic rings. The lowest BCUT2D eigenvalue weighted by Gasteiger charge is -2.19. The molecule has 1 amide bonds. The van der Waals surface area contributed by atoms with Crippen molar-refractivity contribution in [2.45, 2.75) is 23.8 Å². The standard InChI is InChI=1S/C21H22N4O3S/c1-4-6-14(5-2)16(21-22-9-10-28-21)12-23-20(27)19-24-17-8-7-15(13(3)26)11-18(17)29-25-19/h4-11,13,16,26H,1-2,12H2,3H3,(H,23,27)(H,24,25)/b14-6+. The highest BCUT2D eigenvalue weighted by atomic mass is 32.2. The summed E-state index contributed by atoms with van der Waals surface area (Å²) >= 11 is 1.28. The van der Waals surface area contributed by atoms with Crippen LogP contribution in [0, 0.1) is 0 Å². The van der Waals surface area contributed by atoms with Crippen molar-refractivity contribution in [1.82, 2.24) is 15.0 Å². The van der Waals surface area contributed by atoms with Gasteiger partial charge in [-0.3, -0.25) is 4.79 Å². The molecule has 1 aliphatic heterocycles. The Morgan fingerprint density at radius 2 is 2.28 bits per heavy atom. The topological polar surface area (TPSA) is 99.8 Å². The second-order valence-corrected chi connectivity index (χ2v) is 7.16. The van der Waals surface area contributed by atoms with E-state index >= 15 is 0 Å². The molecule has 0 radical (unpaired) electrons. The number of rotatable bonds is 8. The zero-order valence-corrected chi connectivity index (χ0v) is 16.8. The van der Waals surface area contributed by atoms with Crippen LogP contribution in [0.5, 0.6) is 0 Å². The van der Waals surface area contributed by atoms with Gasteiger partial charge in [-0.05, 0) is 42.1 Å². The predicted octanol–water partition coefficient (Wildman–Crippen LogP) is 3.57. The van der Waals surface area contributed by atoms with Crippen LogP contribution in [0.4, 0.5) is 5.69 Å². The number of carbonyl (C=O) groups excluding carboxylic acids is 1. The summed E-state index contributed by atoms with van der Waals surface area (Å²) in [6.07, 6.45) is 7.61. The van der Waals surface area contributed by atoms with Crippen molar-refractivity contribution in [3.8, 4) is 0 Å². The van der Waals surface area contributed by atoms with Crippen LogP contribution in [0.2, 0.25) is 0 Å². The van der Waals surface area contributed by atoms with Crippen molar-refractivity contribution >= 4 is 29.4 Å². The highest BCUT2D eigenvalue weighted by molar-refractivity contribution is 7.98. The molecule has 29 heavy (non-hydrogen) atoms. The van der Waals surface area contributed by atoms with Crippen molar-refractivity contribution in [3.05, 3.63) is 79.1 Å². The Morgan fingerprint density at radius 1 is 1.45 bits per heavy atom. The molecule has 3 rings (SSSR count). The number of aromatic nitrogens is 1. The fourth-order valence-electron chi connectivity index (χ4n) is 2.80. The molecule has 0 saturated heterocycles. The van der Waals surface area contributed by atoms with Crippen LogP contribution < -0.4 is 10.0 Å². The minimum Gasteiger partial charge on any atom is -0.448 e. The van der Waals surface area contributed by atoms with Gasteiger partial charge in [0.25, 0.3) is 5.91 Å². The molecule has 7 nitrogen and oxygen atoms in total. The fourth-order valence-corrected chi connectivity index (χ4v) is 3.56. The van der Waals surface area contributed by atoms with E-state index in [0.29, 0.717) is 11.6 Å². The maximum atomic E-state index is 12.7. The Morgan fingerprint density at radius 3 is 2.93 bits per heavy atom. The molecule has 0 spiro atoms. The molecule has 1 aromatic heterocycles. The number of nitrogens with one attached hydrogen (secondary N) is 2. The number of allylic oxidation sites excluding steroid dienone is 3. The third kappa shape index (κ3) is 4.85. The van der Waals surface area contributed by atoms with E-state index in [9.17, 15) is 9.90 Å². The van der Waals surface area contributed by atoms with Crippen molar-refractivity contribution in [2.75, 3.05) is 6.54 Å². The van der Waals surface area contributed by atoms with Gasteiger partial charge in [0.15, 0.2) is 0 Å². The zero-order chi connectivity index (χ0) is 20.8. The maximum absolute atomic E-state index is 12.7. The number of carbonyl (C=O) groups is 1. The van der Waals surface area contributed by atoms with Crippen LogP contribution in [-0.4, -0.2) is 28.4 Å². The number of amides is 1. The first-order valence-electron chi connectivity index (χ1n) is 8.99. The average molecular weight is 410 g/mol. The highest BCUT2D eigenvalue weighted by Crippen LogP contribution is 2.33. The minimum atomic E-state index is -0.565. The molecule has 150 valence electrons. The molecule has 3 N–H and O–H groups in total. The SMILES string of the molecule is C=C/C=C(\C=C)C(CNC(=O)C1=Nc2ccc(C(C)O)cc2SN1)c1ncco1. The first-order chi connectivity index (χ1) is 14.0. The normalized spacial score (nSPS) is 15.4. The van der Waals surface area contributed by atoms with E-state index < -0.39 is 6.10 Å². The van der Waals surface area contributed by atoms with E-state index in [1.165, 1.54) is 18.2 Å². The van der Waals surface area contributed by atoms with E-state index in [0.717, 1.165) is 16.0 Å². The average Bonchev–Trinajstić information content (AvgIpc) is 3.26. The van der Waals surface area contributed by atoms with Crippen LogP contribution in [0.3, 0.4) is 0 Å². The lowest BCUT2D eigenvalue weighted by Crippen LogP contribution is -2.40. The number of hydrogen-bond donors (Lipinski definition) is 3. The van der Waals surface area contributed by atoms with E-state index in [4.69, 9.17) is 4.42 Å². The highest BCUT2D eigenvalue weighted by Gasteiger charge is 2.23. The number of benzene rings is 1. The van der Waals surface area contributed by atoms with E-state index in [2.05, 4.69) is 33.2 Å². The third-order valence-corrected chi connectivity index (χ3v) is 5.18. The Balaban J connectivity index is 1.74. The van der Waals surface area contributed by atoms with Gasteiger partial charge in [-0.2, -0.15) is 0 Å². The number of hydrogen-bond acceptors (Lipinski definition) is 7. The van der Waals surface area contributed by atoms with E-state index in [1.807, 2.05) is 6.07 Å². The van der Waals surface area contributed by atoms with Crippen LogP contribution in [0.25, 0.3) is 0 Å². The summed E-state index contributed by atoms with van der Waals surface area (Å²) in [6, 6.07) is 5.44. The quantitative estimate of drug-likeness (QED) is 0.454. The van der Waals surface area contributed by atoms with Gasteiger partial charge in [0.1, 0.15) is 6.26 Å². The van der Waals surface area contributed by atoms with Gasteiger partial charge in [-0.15, -0.1) is 0 Å².